The molecule has 3 fully saturated rings. The zero-order chi connectivity index (χ0) is 29.3. The van der Waals surface area contributed by atoms with Crippen molar-refractivity contribution in [1.82, 2.24) is 24.8 Å². The normalized spacial score (nSPS) is 29.0. The molecule has 3 aliphatic rings. The molecule has 7 atom stereocenters. The molecule has 0 aliphatic heterocycles. The summed E-state index contributed by atoms with van der Waals surface area (Å²) in [5.41, 5.74) is 0.689. The Kier molecular flexibility index (Phi) is 6.00. The zero-order valence-corrected chi connectivity index (χ0v) is 22.2. The molecule has 0 bridgehead atoms. The SMILES string of the molecule is CNC(=O)[C@]12C[C@@H]1[C@@H](n1cnc3c(NC4CC4c4ccc(F)c(F)c4)nc(C#Cc4cccc(F)c4)nc31)[C@H](O)[C@@H]2O. The van der Waals surface area contributed by atoms with Gasteiger partial charge < -0.3 is 25.4 Å². The van der Waals surface area contributed by atoms with Gasteiger partial charge in [0.1, 0.15) is 11.9 Å². The molecule has 4 N–H and O–H groups in total. The average molecular weight is 575 g/mol. The van der Waals surface area contributed by atoms with E-state index in [1.807, 2.05) is 0 Å². The van der Waals surface area contributed by atoms with Crippen LogP contribution < -0.4 is 10.6 Å². The van der Waals surface area contributed by atoms with Crippen molar-refractivity contribution >= 4 is 22.9 Å². The molecule has 2 heterocycles. The Labute approximate surface area is 237 Å². The number of fused-ring (bicyclic) bond motifs is 2. The van der Waals surface area contributed by atoms with Crippen molar-refractivity contribution in [2.24, 2.45) is 11.3 Å². The second kappa shape index (κ2) is 9.54. The summed E-state index contributed by atoms with van der Waals surface area (Å²) in [5, 5.41) is 27.8. The summed E-state index contributed by atoms with van der Waals surface area (Å²) in [4.78, 5) is 26.3. The van der Waals surface area contributed by atoms with Gasteiger partial charge in [0.25, 0.3) is 0 Å². The highest BCUT2D eigenvalue weighted by atomic mass is 19.2. The number of hydrogen-bond acceptors (Lipinski definition) is 7. The number of hydrogen-bond donors (Lipinski definition) is 4. The molecule has 7 rings (SSSR count). The van der Waals surface area contributed by atoms with Crippen molar-refractivity contribution in [1.29, 1.82) is 0 Å². The van der Waals surface area contributed by atoms with Gasteiger partial charge in [0.05, 0.1) is 23.9 Å². The number of nitrogens with one attached hydrogen (secondary N) is 2. The van der Waals surface area contributed by atoms with Gasteiger partial charge in [0, 0.05) is 30.5 Å². The first-order valence-corrected chi connectivity index (χ1v) is 13.5. The lowest BCUT2D eigenvalue weighted by molar-refractivity contribution is -0.132. The van der Waals surface area contributed by atoms with Crippen LogP contribution in [0.4, 0.5) is 19.0 Å². The number of aliphatic hydroxyl groups excluding tert-OH is 2. The van der Waals surface area contributed by atoms with Gasteiger partial charge in [0.15, 0.2) is 28.6 Å². The molecule has 2 aromatic heterocycles. The number of halogens is 3. The number of aliphatic hydroxyl groups is 2. The molecule has 9 nitrogen and oxygen atoms in total. The molecule has 3 saturated carbocycles. The van der Waals surface area contributed by atoms with Gasteiger partial charge >= 0.3 is 0 Å². The predicted octanol–water partition coefficient (Wildman–Crippen LogP) is 2.64. The minimum Gasteiger partial charge on any atom is -0.389 e. The van der Waals surface area contributed by atoms with Crippen LogP contribution in [0.2, 0.25) is 0 Å². The van der Waals surface area contributed by atoms with Gasteiger partial charge in [-0.15, -0.1) is 0 Å². The monoisotopic (exact) mass is 574 g/mol. The third-order valence-corrected chi connectivity index (χ3v) is 8.69. The van der Waals surface area contributed by atoms with Crippen LogP contribution >= 0.6 is 0 Å². The summed E-state index contributed by atoms with van der Waals surface area (Å²) in [5.74, 6) is 3.15. The van der Waals surface area contributed by atoms with Crippen LogP contribution in [0.3, 0.4) is 0 Å². The Balaban J connectivity index is 1.27. The fourth-order valence-corrected chi connectivity index (χ4v) is 6.41. The van der Waals surface area contributed by atoms with Crippen molar-refractivity contribution in [2.75, 3.05) is 12.4 Å². The fraction of sp³-hybridized carbons (Fsp3) is 0.333. The lowest BCUT2D eigenvalue weighted by atomic mass is 9.98. The minimum absolute atomic E-state index is 0.0829. The number of benzene rings is 2. The number of carbonyl (C=O) groups excluding carboxylic acids is 1. The van der Waals surface area contributed by atoms with Gasteiger partial charge in [-0.25, -0.2) is 28.1 Å². The Morgan fingerprint density at radius 1 is 1.10 bits per heavy atom. The van der Waals surface area contributed by atoms with E-state index in [9.17, 15) is 28.2 Å². The second-order valence-electron chi connectivity index (χ2n) is 11.1. The lowest BCUT2D eigenvalue weighted by Gasteiger charge is -2.23. The number of anilines is 1. The summed E-state index contributed by atoms with van der Waals surface area (Å²) in [6, 6.07) is 8.79. The van der Waals surface area contributed by atoms with E-state index in [2.05, 4.69) is 37.4 Å². The second-order valence-corrected chi connectivity index (χ2v) is 11.1. The van der Waals surface area contributed by atoms with Crippen LogP contribution in [-0.4, -0.2) is 60.9 Å². The molecule has 42 heavy (non-hydrogen) atoms. The third-order valence-electron chi connectivity index (χ3n) is 8.69. The van der Waals surface area contributed by atoms with Crippen LogP contribution in [0.5, 0.6) is 0 Å². The Morgan fingerprint density at radius 3 is 2.69 bits per heavy atom. The van der Waals surface area contributed by atoms with Crippen LogP contribution in [0.1, 0.15) is 41.8 Å². The highest BCUT2D eigenvalue weighted by molar-refractivity contribution is 5.88. The quantitative estimate of drug-likeness (QED) is 0.270. The van der Waals surface area contributed by atoms with Crippen LogP contribution in [0, 0.1) is 40.6 Å². The first kappa shape index (κ1) is 26.4. The molecule has 0 saturated heterocycles. The highest BCUT2D eigenvalue weighted by Gasteiger charge is 2.75. The first-order valence-electron chi connectivity index (χ1n) is 13.5. The number of carbonyl (C=O) groups is 1. The standard InChI is InChI=1S/C30H25F3N6O3/c1-34-29(42)30-12-18(30)24(25(40)26(30)41)39-13-35-23-27(36-21-11-17(21)15-6-7-19(32)20(33)10-15)37-22(38-28(23)39)8-5-14-3-2-4-16(31)9-14/h2-4,6-7,9-10,13,17-18,21,24-26,40-41H,11-12H2,1H3,(H,34,42)(H,36,37,38)/t17?,18-,21?,24-,25+,26+,30-/m1/s1. The molecule has 2 aromatic carbocycles. The summed E-state index contributed by atoms with van der Waals surface area (Å²) in [6.45, 7) is 0. The van der Waals surface area contributed by atoms with Gasteiger partial charge in [-0.1, -0.05) is 18.1 Å². The molecule has 4 aromatic rings. The number of imidazole rings is 1. The highest BCUT2D eigenvalue weighted by Crippen LogP contribution is 2.67. The zero-order valence-electron chi connectivity index (χ0n) is 22.2. The van der Waals surface area contributed by atoms with Crippen molar-refractivity contribution in [2.45, 2.75) is 43.1 Å². The Bertz CT molecular complexity index is 1820. The van der Waals surface area contributed by atoms with Crippen LogP contribution in [0.15, 0.2) is 48.8 Å². The van der Waals surface area contributed by atoms with Crippen molar-refractivity contribution in [3.8, 4) is 11.8 Å². The molecule has 12 heteroatoms. The van der Waals surface area contributed by atoms with E-state index in [4.69, 9.17) is 0 Å². The summed E-state index contributed by atoms with van der Waals surface area (Å²) in [7, 11) is 1.49. The van der Waals surface area contributed by atoms with Gasteiger partial charge in [-0.3, -0.25) is 4.79 Å². The number of nitrogens with zero attached hydrogens (tertiary/aromatic N) is 4. The first-order chi connectivity index (χ1) is 20.2. The Morgan fingerprint density at radius 2 is 1.93 bits per heavy atom. The minimum atomic E-state index is -1.26. The number of amides is 1. The van der Waals surface area contributed by atoms with Crippen molar-refractivity contribution < 1.29 is 28.2 Å². The van der Waals surface area contributed by atoms with E-state index in [1.165, 1.54) is 37.6 Å². The van der Waals surface area contributed by atoms with Crippen LogP contribution in [-0.2, 0) is 4.79 Å². The van der Waals surface area contributed by atoms with Gasteiger partial charge in [-0.05, 0) is 54.7 Å². The molecule has 0 spiro atoms. The number of rotatable bonds is 5. The van der Waals surface area contributed by atoms with E-state index in [0.29, 0.717) is 41.0 Å². The fourth-order valence-electron chi connectivity index (χ4n) is 6.41. The molecular formula is C30H25F3N6O3. The summed E-state index contributed by atoms with van der Waals surface area (Å²) in [6.07, 6.45) is 0.0294. The predicted molar refractivity (Wildman–Crippen MR) is 144 cm³/mol. The smallest absolute Gasteiger partial charge is 0.229 e. The maximum absolute atomic E-state index is 13.8. The third kappa shape index (κ3) is 4.11. The topological polar surface area (TPSA) is 125 Å². The van der Waals surface area contributed by atoms with E-state index >= 15 is 0 Å². The van der Waals surface area contributed by atoms with Gasteiger partial charge in [0.2, 0.25) is 11.7 Å². The molecule has 0 radical (unpaired) electrons. The number of aromatic nitrogens is 4. The van der Waals surface area contributed by atoms with E-state index < -0.39 is 41.1 Å². The lowest BCUT2D eigenvalue weighted by Crippen LogP contribution is -2.41. The maximum Gasteiger partial charge on any atom is 0.229 e. The van der Waals surface area contributed by atoms with Gasteiger partial charge in [-0.2, -0.15) is 0 Å². The average Bonchev–Trinajstić information content (AvgIpc) is 3.86. The van der Waals surface area contributed by atoms with Crippen molar-refractivity contribution in [3.63, 3.8) is 0 Å². The molecule has 3 aliphatic carbocycles. The van der Waals surface area contributed by atoms with E-state index in [1.54, 1.807) is 16.7 Å². The van der Waals surface area contributed by atoms with E-state index in [-0.39, 0.29) is 29.6 Å². The summed E-state index contributed by atoms with van der Waals surface area (Å²) < 4.78 is 42.7. The van der Waals surface area contributed by atoms with Crippen molar-refractivity contribution in [3.05, 3.63) is 83.2 Å². The molecule has 1 amide bonds. The molecule has 2 unspecified atom stereocenters. The maximum atomic E-state index is 13.8. The largest absolute Gasteiger partial charge is 0.389 e. The van der Waals surface area contributed by atoms with Crippen LogP contribution in [0.25, 0.3) is 11.2 Å². The molecular weight excluding hydrogens is 549 g/mol. The summed E-state index contributed by atoms with van der Waals surface area (Å²) >= 11 is 0. The Hall–Kier alpha value is -4.47. The van der Waals surface area contributed by atoms with E-state index in [0.717, 1.165) is 6.07 Å². The molecule has 214 valence electrons.